The molecule has 1 amide bonds. The molecule has 0 aliphatic carbocycles. The van der Waals surface area contributed by atoms with Gasteiger partial charge >= 0.3 is 5.97 Å². The van der Waals surface area contributed by atoms with Crippen molar-refractivity contribution in [2.24, 2.45) is 0 Å². The minimum Gasteiger partial charge on any atom is -0.480 e. The smallest absolute Gasteiger partial charge is 0.326 e. The molecular weight excluding hydrogens is 266 g/mol. The van der Waals surface area contributed by atoms with Crippen LogP contribution in [0, 0.1) is 13.8 Å². The highest BCUT2D eigenvalue weighted by molar-refractivity contribution is 5.83. The predicted molar refractivity (Wildman–Crippen MR) is 83.2 cm³/mol. The van der Waals surface area contributed by atoms with E-state index in [2.05, 4.69) is 18.0 Å². The number of rotatable bonds is 8. The SMILES string of the molecule is C=CCCC(NC(=O)CCc1ccc(C)cc1C)C(=O)O. The molecule has 21 heavy (non-hydrogen) atoms. The first-order chi connectivity index (χ1) is 9.93. The van der Waals surface area contributed by atoms with Crippen LogP contribution in [0.15, 0.2) is 30.9 Å². The molecule has 114 valence electrons. The molecule has 0 heterocycles. The Labute approximate surface area is 125 Å². The van der Waals surface area contributed by atoms with Gasteiger partial charge in [-0.2, -0.15) is 0 Å². The molecule has 1 aromatic rings. The minimum atomic E-state index is -1.00. The molecular formula is C17H23NO3. The highest BCUT2D eigenvalue weighted by Crippen LogP contribution is 2.12. The topological polar surface area (TPSA) is 66.4 Å². The predicted octanol–water partition coefficient (Wildman–Crippen LogP) is 2.77. The molecule has 1 aromatic carbocycles. The maximum atomic E-state index is 11.9. The number of benzene rings is 1. The van der Waals surface area contributed by atoms with Gasteiger partial charge in [-0.1, -0.05) is 29.8 Å². The third-order valence-corrected chi connectivity index (χ3v) is 3.41. The summed E-state index contributed by atoms with van der Waals surface area (Å²) in [6.07, 6.45) is 3.49. The molecule has 4 nitrogen and oxygen atoms in total. The number of allylic oxidation sites excluding steroid dienone is 1. The van der Waals surface area contributed by atoms with E-state index in [1.54, 1.807) is 6.08 Å². The first kappa shape index (κ1) is 17.0. The lowest BCUT2D eigenvalue weighted by Gasteiger charge is -2.14. The van der Waals surface area contributed by atoms with E-state index >= 15 is 0 Å². The van der Waals surface area contributed by atoms with Crippen LogP contribution in [0.4, 0.5) is 0 Å². The van der Waals surface area contributed by atoms with Gasteiger partial charge in [0.1, 0.15) is 6.04 Å². The van der Waals surface area contributed by atoms with Crippen molar-refractivity contribution in [3.05, 3.63) is 47.5 Å². The third kappa shape index (κ3) is 5.81. The average molecular weight is 289 g/mol. The molecule has 1 atom stereocenters. The van der Waals surface area contributed by atoms with Crippen LogP contribution in [-0.4, -0.2) is 23.0 Å². The second-order valence-electron chi connectivity index (χ2n) is 5.25. The molecule has 4 heteroatoms. The van der Waals surface area contributed by atoms with E-state index in [0.29, 0.717) is 25.7 Å². The van der Waals surface area contributed by atoms with E-state index in [-0.39, 0.29) is 5.91 Å². The number of hydrogen-bond donors (Lipinski definition) is 2. The second kappa shape index (κ2) is 8.25. The quantitative estimate of drug-likeness (QED) is 0.723. The van der Waals surface area contributed by atoms with Crippen LogP contribution < -0.4 is 5.32 Å². The molecule has 0 bridgehead atoms. The Balaban J connectivity index is 2.52. The number of amides is 1. The highest BCUT2D eigenvalue weighted by atomic mass is 16.4. The molecule has 1 rings (SSSR count). The number of carbonyl (C=O) groups excluding carboxylic acids is 1. The van der Waals surface area contributed by atoms with Crippen molar-refractivity contribution in [3.63, 3.8) is 0 Å². The lowest BCUT2D eigenvalue weighted by molar-refractivity contribution is -0.142. The number of nitrogens with one attached hydrogen (secondary N) is 1. The van der Waals surface area contributed by atoms with E-state index in [1.165, 1.54) is 5.56 Å². The van der Waals surface area contributed by atoms with Crippen molar-refractivity contribution in [2.75, 3.05) is 0 Å². The summed E-state index contributed by atoms with van der Waals surface area (Å²) in [4.78, 5) is 22.9. The fraction of sp³-hybridized carbons (Fsp3) is 0.412. The van der Waals surface area contributed by atoms with Gasteiger partial charge in [0.15, 0.2) is 0 Å². The van der Waals surface area contributed by atoms with Crippen LogP contribution in [0.3, 0.4) is 0 Å². The van der Waals surface area contributed by atoms with Crippen LogP contribution in [-0.2, 0) is 16.0 Å². The van der Waals surface area contributed by atoms with Gasteiger partial charge in [-0.3, -0.25) is 4.79 Å². The fourth-order valence-corrected chi connectivity index (χ4v) is 2.18. The lowest BCUT2D eigenvalue weighted by Crippen LogP contribution is -2.40. The molecule has 0 saturated heterocycles. The monoisotopic (exact) mass is 289 g/mol. The second-order valence-corrected chi connectivity index (χ2v) is 5.25. The number of aryl methyl sites for hydroxylation is 3. The maximum absolute atomic E-state index is 11.9. The summed E-state index contributed by atoms with van der Waals surface area (Å²) >= 11 is 0. The van der Waals surface area contributed by atoms with Gasteiger partial charge in [-0.05, 0) is 44.2 Å². The Morgan fingerprint density at radius 3 is 2.67 bits per heavy atom. The van der Waals surface area contributed by atoms with E-state index in [4.69, 9.17) is 5.11 Å². The average Bonchev–Trinajstić information content (AvgIpc) is 2.42. The molecule has 0 spiro atoms. The maximum Gasteiger partial charge on any atom is 0.326 e. The number of aliphatic carboxylic acids is 1. The highest BCUT2D eigenvalue weighted by Gasteiger charge is 2.18. The van der Waals surface area contributed by atoms with Crippen molar-refractivity contribution in [2.45, 2.75) is 45.6 Å². The number of carboxylic acids is 1. The Morgan fingerprint density at radius 2 is 2.10 bits per heavy atom. The number of carbonyl (C=O) groups is 2. The molecule has 2 N–H and O–H groups in total. The Morgan fingerprint density at radius 1 is 1.38 bits per heavy atom. The Bertz CT molecular complexity index is 523. The Hall–Kier alpha value is -2.10. The van der Waals surface area contributed by atoms with Crippen LogP contribution in [0.1, 0.15) is 36.0 Å². The van der Waals surface area contributed by atoms with Crippen LogP contribution in [0.2, 0.25) is 0 Å². The molecule has 1 unspecified atom stereocenters. The minimum absolute atomic E-state index is 0.230. The molecule has 0 aliphatic heterocycles. The summed E-state index contributed by atoms with van der Waals surface area (Å²) in [5.41, 5.74) is 3.47. The molecule has 0 radical (unpaired) electrons. The zero-order valence-corrected chi connectivity index (χ0v) is 12.7. The first-order valence-electron chi connectivity index (χ1n) is 7.13. The molecule has 0 saturated carbocycles. The first-order valence-corrected chi connectivity index (χ1v) is 7.13. The van der Waals surface area contributed by atoms with Gasteiger partial charge in [-0.25, -0.2) is 4.79 Å². The summed E-state index contributed by atoms with van der Waals surface area (Å²) in [6, 6.07) is 5.28. The van der Waals surface area contributed by atoms with Crippen molar-refractivity contribution in [1.29, 1.82) is 0 Å². The summed E-state index contributed by atoms with van der Waals surface area (Å²) < 4.78 is 0. The number of hydrogen-bond acceptors (Lipinski definition) is 2. The summed E-state index contributed by atoms with van der Waals surface area (Å²) in [5.74, 6) is -1.23. The zero-order valence-electron chi connectivity index (χ0n) is 12.7. The van der Waals surface area contributed by atoms with Crippen molar-refractivity contribution in [1.82, 2.24) is 5.32 Å². The van der Waals surface area contributed by atoms with Crippen molar-refractivity contribution >= 4 is 11.9 Å². The standard InChI is InChI=1S/C17H23NO3/c1-4-5-6-15(17(20)21)18-16(19)10-9-14-8-7-12(2)11-13(14)3/h4,7-8,11,15H,1,5-6,9-10H2,2-3H3,(H,18,19)(H,20,21). The molecule has 0 fully saturated rings. The van der Waals surface area contributed by atoms with Crippen LogP contribution in [0.25, 0.3) is 0 Å². The van der Waals surface area contributed by atoms with Gasteiger partial charge in [0.25, 0.3) is 0 Å². The molecule has 0 aliphatic rings. The zero-order chi connectivity index (χ0) is 15.8. The van der Waals surface area contributed by atoms with Gasteiger partial charge in [0.05, 0.1) is 0 Å². The van der Waals surface area contributed by atoms with E-state index in [9.17, 15) is 9.59 Å². The van der Waals surface area contributed by atoms with Crippen molar-refractivity contribution < 1.29 is 14.7 Å². The third-order valence-electron chi connectivity index (χ3n) is 3.41. The summed E-state index contributed by atoms with van der Waals surface area (Å²) in [7, 11) is 0. The summed E-state index contributed by atoms with van der Waals surface area (Å²) in [6.45, 7) is 7.60. The van der Waals surface area contributed by atoms with E-state index in [0.717, 1.165) is 11.1 Å². The van der Waals surface area contributed by atoms with Crippen molar-refractivity contribution in [3.8, 4) is 0 Å². The lowest BCUT2D eigenvalue weighted by atomic mass is 10.0. The van der Waals surface area contributed by atoms with E-state index < -0.39 is 12.0 Å². The summed E-state index contributed by atoms with van der Waals surface area (Å²) in [5, 5.41) is 11.6. The van der Waals surface area contributed by atoms with E-state index in [1.807, 2.05) is 26.0 Å². The van der Waals surface area contributed by atoms with Gasteiger partial charge < -0.3 is 10.4 Å². The number of carboxylic acid groups (broad SMARTS) is 1. The van der Waals surface area contributed by atoms with Gasteiger partial charge in [0.2, 0.25) is 5.91 Å². The Kier molecular flexibility index (Phi) is 6.66. The van der Waals surface area contributed by atoms with Crippen LogP contribution >= 0.6 is 0 Å². The van der Waals surface area contributed by atoms with Gasteiger partial charge in [0, 0.05) is 6.42 Å². The van der Waals surface area contributed by atoms with Gasteiger partial charge in [-0.15, -0.1) is 6.58 Å². The fourth-order valence-electron chi connectivity index (χ4n) is 2.18. The van der Waals surface area contributed by atoms with Crippen LogP contribution in [0.5, 0.6) is 0 Å². The normalized spacial score (nSPS) is 11.7. The molecule has 0 aromatic heterocycles. The largest absolute Gasteiger partial charge is 0.480 e.